The fourth-order valence-electron chi connectivity index (χ4n) is 2.25. The first-order valence-electron chi connectivity index (χ1n) is 7.03. The fourth-order valence-corrected chi connectivity index (χ4v) is 2.25. The molecule has 21 heavy (non-hydrogen) atoms. The molecule has 0 aliphatic carbocycles. The summed E-state index contributed by atoms with van der Waals surface area (Å²) in [5, 5.41) is 14.5. The first kappa shape index (κ1) is 15.3. The minimum absolute atomic E-state index is 0.0148. The number of rotatable bonds is 6. The van der Waals surface area contributed by atoms with Crippen LogP contribution in [0.25, 0.3) is 10.8 Å². The lowest BCUT2D eigenvalue weighted by Crippen LogP contribution is -2.16. The Morgan fingerprint density at radius 2 is 2.00 bits per heavy atom. The normalized spacial score (nSPS) is 13.4. The molecule has 0 amide bonds. The van der Waals surface area contributed by atoms with Gasteiger partial charge in [0.2, 0.25) is 0 Å². The van der Waals surface area contributed by atoms with Crippen molar-refractivity contribution in [2.75, 3.05) is 13.7 Å². The van der Waals surface area contributed by atoms with Crippen molar-refractivity contribution in [1.82, 2.24) is 0 Å². The molecule has 1 N–H and O–H groups in total. The van der Waals surface area contributed by atoms with Gasteiger partial charge in [-0.3, -0.25) is 0 Å². The molecule has 0 aliphatic heterocycles. The van der Waals surface area contributed by atoms with Crippen LogP contribution >= 0.6 is 0 Å². The van der Waals surface area contributed by atoms with Gasteiger partial charge in [0.15, 0.2) is 0 Å². The maximum atomic E-state index is 9.07. The summed E-state index contributed by atoms with van der Waals surface area (Å²) in [5.74, 6) is 0.756. The molecule has 0 fully saturated rings. The van der Waals surface area contributed by atoms with Crippen molar-refractivity contribution >= 4 is 16.5 Å². The van der Waals surface area contributed by atoms with Crippen molar-refractivity contribution in [2.24, 2.45) is 5.16 Å². The van der Waals surface area contributed by atoms with E-state index in [1.807, 2.05) is 43.3 Å². The molecule has 0 aromatic heterocycles. The molecular weight excluding hydrogens is 266 g/mol. The molecule has 0 saturated heterocycles. The van der Waals surface area contributed by atoms with Gasteiger partial charge >= 0.3 is 0 Å². The highest BCUT2D eigenvalue weighted by molar-refractivity contribution is 6.06. The summed E-state index contributed by atoms with van der Waals surface area (Å²) in [6.07, 6.45) is 0.815. The zero-order valence-electron chi connectivity index (χ0n) is 12.7. The van der Waals surface area contributed by atoms with Crippen molar-refractivity contribution in [3.05, 3.63) is 42.0 Å². The maximum absolute atomic E-state index is 9.07. The Balaban J connectivity index is 2.45. The summed E-state index contributed by atoms with van der Waals surface area (Å²) in [7, 11) is 1.68. The quantitative estimate of drug-likeness (QED) is 0.499. The van der Waals surface area contributed by atoms with E-state index in [2.05, 4.69) is 5.16 Å². The molecule has 2 aromatic rings. The largest absolute Gasteiger partial charge is 0.489 e. The molecule has 1 atom stereocenters. The highest BCUT2D eigenvalue weighted by atomic mass is 16.5. The number of hydrogen-bond donors (Lipinski definition) is 1. The Kier molecular flexibility index (Phi) is 5.17. The van der Waals surface area contributed by atoms with Crippen LogP contribution in [0.1, 0.15) is 25.8 Å². The van der Waals surface area contributed by atoms with E-state index in [9.17, 15) is 0 Å². The lowest BCUT2D eigenvalue weighted by molar-refractivity contribution is 0.136. The van der Waals surface area contributed by atoms with Crippen LogP contribution < -0.4 is 4.74 Å². The van der Waals surface area contributed by atoms with Crippen molar-refractivity contribution in [2.45, 2.75) is 26.4 Å². The Hall–Kier alpha value is -2.07. The third kappa shape index (κ3) is 3.52. The molecule has 0 bridgehead atoms. The predicted octanol–water partition coefficient (Wildman–Crippen LogP) is 3.84. The third-order valence-corrected chi connectivity index (χ3v) is 3.47. The molecule has 0 saturated carbocycles. The van der Waals surface area contributed by atoms with Crippen molar-refractivity contribution in [3.8, 4) is 5.75 Å². The van der Waals surface area contributed by atoms with Crippen LogP contribution in [0.15, 0.2) is 41.6 Å². The minimum Gasteiger partial charge on any atom is -0.489 e. The van der Waals surface area contributed by atoms with Crippen LogP contribution in [0.4, 0.5) is 0 Å². The summed E-state index contributed by atoms with van der Waals surface area (Å²) in [6, 6.07) is 12.0. The van der Waals surface area contributed by atoms with Gasteiger partial charge in [-0.1, -0.05) is 35.5 Å². The van der Waals surface area contributed by atoms with Gasteiger partial charge in [0.05, 0.1) is 11.8 Å². The smallest absolute Gasteiger partial charge is 0.136 e. The van der Waals surface area contributed by atoms with Gasteiger partial charge in [-0.15, -0.1) is 0 Å². The van der Waals surface area contributed by atoms with Crippen LogP contribution in [0.5, 0.6) is 5.75 Å². The molecule has 4 nitrogen and oxygen atoms in total. The molecular formula is C17H21NO3. The van der Waals surface area contributed by atoms with Crippen molar-refractivity contribution in [1.29, 1.82) is 0 Å². The Labute approximate surface area is 125 Å². The van der Waals surface area contributed by atoms with E-state index in [-0.39, 0.29) is 6.10 Å². The Bertz CT molecular complexity index is 637. The summed E-state index contributed by atoms with van der Waals surface area (Å²) in [5.41, 5.74) is 1.34. The number of nitrogens with zero attached hydrogens (tertiary/aromatic N) is 1. The van der Waals surface area contributed by atoms with Crippen LogP contribution in [0.2, 0.25) is 0 Å². The van der Waals surface area contributed by atoms with Gasteiger partial charge in [0.25, 0.3) is 0 Å². The SMILES string of the molecule is COCCC(C)Oc1c(/C(C)=N/O)ccc2ccccc12. The van der Waals surface area contributed by atoms with Gasteiger partial charge in [-0.25, -0.2) is 0 Å². The molecule has 1 unspecified atom stereocenters. The van der Waals surface area contributed by atoms with E-state index >= 15 is 0 Å². The maximum Gasteiger partial charge on any atom is 0.136 e. The second kappa shape index (κ2) is 7.09. The molecule has 0 heterocycles. The number of fused-ring (bicyclic) bond motifs is 1. The standard InChI is InChI=1S/C17H21NO3/c1-12(10-11-20-3)21-17-15(13(2)18-19)9-8-14-6-4-5-7-16(14)17/h4-9,12,19H,10-11H2,1-3H3/b18-13+. The first-order valence-corrected chi connectivity index (χ1v) is 7.03. The highest BCUT2D eigenvalue weighted by Gasteiger charge is 2.14. The van der Waals surface area contributed by atoms with Crippen LogP contribution in [-0.2, 0) is 4.74 Å². The molecule has 112 valence electrons. The summed E-state index contributed by atoms with van der Waals surface area (Å²) in [6.45, 7) is 4.42. The topological polar surface area (TPSA) is 51.0 Å². The van der Waals surface area contributed by atoms with Gasteiger partial charge < -0.3 is 14.7 Å². The first-order chi connectivity index (χ1) is 10.2. The molecule has 4 heteroatoms. The van der Waals surface area contributed by atoms with E-state index in [0.29, 0.717) is 12.3 Å². The lowest BCUT2D eigenvalue weighted by atomic mass is 10.0. The van der Waals surface area contributed by atoms with Crippen LogP contribution in [0.3, 0.4) is 0 Å². The van der Waals surface area contributed by atoms with Crippen molar-refractivity contribution < 1.29 is 14.7 Å². The molecule has 0 spiro atoms. The average molecular weight is 287 g/mol. The van der Waals surface area contributed by atoms with E-state index in [1.165, 1.54) is 0 Å². The number of methoxy groups -OCH3 is 1. The predicted molar refractivity (Wildman–Crippen MR) is 84.5 cm³/mol. The highest BCUT2D eigenvalue weighted by Crippen LogP contribution is 2.31. The van der Waals surface area contributed by atoms with Gasteiger partial charge in [0, 0.05) is 31.1 Å². The van der Waals surface area contributed by atoms with E-state index in [0.717, 1.165) is 28.5 Å². The number of hydrogen-bond acceptors (Lipinski definition) is 4. The lowest BCUT2D eigenvalue weighted by Gasteiger charge is -2.19. The molecule has 2 rings (SSSR count). The van der Waals surface area contributed by atoms with E-state index in [1.54, 1.807) is 14.0 Å². The fraction of sp³-hybridized carbons (Fsp3) is 0.353. The van der Waals surface area contributed by atoms with Crippen molar-refractivity contribution in [3.63, 3.8) is 0 Å². The monoisotopic (exact) mass is 287 g/mol. The summed E-state index contributed by atoms with van der Waals surface area (Å²) < 4.78 is 11.2. The zero-order chi connectivity index (χ0) is 15.2. The number of oxime groups is 1. The van der Waals surface area contributed by atoms with Gasteiger partial charge in [0.1, 0.15) is 5.75 Å². The van der Waals surface area contributed by atoms with E-state index < -0.39 is 0 Å². The molecule has 2 aromatic carbocycles. The Morgan fingerprint density at radius 3 is 2.71 bits per heavy atom. The third-order valence-electron chi connectivity index (χ3n) is 3.47. The van der Waals surface area contributed by atoms with Gasteiger partial charge in [-0.05, 0) is 25.3 Å². The molecule has 0 radical (unpaired) electrons. The van der Waals surface area contributed by atoms with Crippen LogP contribution in [0, 0.1) is 0 Å². The number of benzene rings is 2. The summed E-state index contributed by atoms with van der Waals surface area (Å²) >= 11 is 0. The summed E-state index contributed by atoms with van der Waals surface area (Å²) in [4.78, 5) is 0. The average Bonchev–Trinajstić information content (AvgIpc) is 2.52. The second-order valence-electron chi connectivity index (χ2n) is 5.06. The van der Waals surface area contributed by atoms with Gasteiger partial charge in [-0.2, -0.15) is 0 Å². The Morgan fingerprint density at radius 1 is 1.24 bits per heavy atom. The molecule has 0 aliphatic rings. The minimum atomic E-state index is 0.0148. The zero-order valence-corrected chi connectivity index (χ0v) is 12.7. The number of ether oxygens (including phenoxy) is 2. The second-order valence-corrected chi connectivity index (χ2v) is 5.06. The van der Waals surface area contributed by atoms with E-state index in [4.69, 9.17) is 14.7 Å². The van der Waals surface area contributed by atoms with Crippen LogP contribution in [-0.4, -0.2) is 30.7 Å².